The van der Waals surface area contributed by atoms with Crippen LogP contribution in [0.3, 0.4) is 0 Å². The number of hydrogen-bond donors (Lipinski definition) is 2. The van der Waals surface area contributed by atoms with Crippen molar-refractivity contribution < 1.29 is 19.4 Å². The van der Waals surface area contributed by atoms with Crippen LogP contribution in [0.5, 0.6) is 0 Å². The Hall–Kier alpha value is -2.18. The van der Waals surface area contributed by atoms with Gasteiger partial charge in [0.2, 0.25) is 0 Å². The number of aliphatic carboxylic acids is 1. The molecule has 110 valence electrons. The van der Waals surface area contributed by atoms with Crippen molar-refractivity contribution >= 4 is 34.4 Å². The second kappa shape index (κ2) is 6.51. The second-order valence-electron chi connectivity index (χ2n) is 4.33. The number of nitrogens with one attached hydrogen (secondary N) is 1. The van der Waals surface area contributed by atoms with Crippen LogP contribution in [-0.4, -0.2) is 41.7 Å². The van der Waals surface area contributed by atoms with Crippen molar-refractivity contribution in [3.05, 3.63) is 41.0 Å². The molecule has 1 amide bonds. The van der Waals surface area contributed by atoms with E-state index in [0.717, 1.165) is 5.39 Å². The summed E-state index contributed by atoms with van der Waals surface area (Å²) in [6, 6.07) is 7.37. The Balaban J connectivity index is 2.29. The minimum Gasteiger partial charge on any atom is -0.480 e. The van der Waals surface area contributed by atoms with E-state index in [2.05, 4.69) is 10.3 Å². The van der Waals surface area contributed by atoms with E-state index in [0.29, 0.717) is 10.5 Å². The highest BCUT2D eigenvalue weighted by Crippen LogP contribution is 2.22. The first-order valence-corrected chi connectivity index (χ1v) is 6.48. The molecule has 0 spiro atoms. The lowest BCUT2D eigenvalue weighted by Crippen LogP contribution is -2.44. The summed E-state index contributed by atoms with van der Waals surface area (Å²) in [5.74, 6) is -1.80. The molecule has 21 heavy (non-hydrogen) atoms. The Labute approximate surface area is 125 Å². The molecule has 0 aliphatic heterocycles. The van der Waals surface area contributed by atoms with Gasteiger partial charge in [-0.1, -0.05) is 29.8 Å². The molecule has 0 radical (unpaired) electrons. The number of methoxy groups -OCH3 is 1. The topological polar surface area (TPSA) is 88.5 Å². The predicted octanol–water partition coefficient (Wildman–Crippen LogP) is 1.72. The van der Waals surface area contributed by atoms with E-state index in [1.165, 1.54) is 13.2 Å². The number of carboxylic acid groups (broad SMARTS) is 1. The molecule has 7 heteroatoms. The molecule has 0 saturated heterocycles. The molecule has 0 saturated carbocycles. The highest BCUT2D eigenvalue weighted by atomic mass is 35.5. The van der Waals surface area contributed by atoms with Crippen molar-refractivity contribution in [3.8, 4) is 0 Å². The summed E-state index contributed by atoms with van der Waals surface area (Å²) in [5.41, 5.74) is 0.620. The number of rotatable bonds is 5. The summed E-state index contributed by atoms with van der Waals surface area (Å²) in [6.45, 7) is -0.137. The Morgan fingerprint density at radius 2 is 2.14 bits per heavy atom. The van der Waals surface area contributed by atoms with Gasteiger partial charge in [-0.05, 0) is 12.1 Å². The van der Waals surface area contributed by atoms with E-state index in [1.807, 2.05) is 6.07 Å². The van der Waals surface area contributed by atoms with Crippen LogP contribution in [0.4, 0.5) is 0 Å². The molecule has 1 aromatic heterocycles. The van der Waals surface area contributed by atoms with Crippen LogP contribution >= 0.6 is 11.6 Å². The van der Waals surface area contributed by atoms with Crippen molar-refractivity contribution in [2.24, 2.45) is 0 Å². The third kappa shape index (κ3) is 3.48. The van der Waals surface area contributed by atoms with Crippen LogP contribution in [0.25, 0.3) is 10.9 Å². The molecule has 1 unspecified atom stereocenters. The van der Waals surface area contributed by atoms with Gasteiger partial charge in [0.25, 0.3) is 5.91 Å². The first-order valence-electron chi connectivity index (χ1n) is 6.11. The third-order valence-corrected chi connectivity index (χ3v) is 3.15. The van der Waals surface area contributed by atoms with E-state index < -0.39 is 17.9 Å². The summed E-state index contributed by atoms with van der Waals surface area (Å²) >= 11 is 6.11. The summed E-state index contributed by atoms with van der Waals surface area (Å²) in [5, 5.41) is 12.4. The first-order chi connectivity index (χ1) is 10.0. The van der Waals surface area contributed by atoms with Gasteiger partial charge in [-0.2, -0.15) is 0 Å². The summed E-state index contributed by atoms with van der Waals surface area (Å²) in [6.07, 6.45) is 0. The number of carboxylic acids is 1. The van der Waals surface area contributed by atoms with Crippen LogP contribution in [-0.2, 0) is 9.53 Å². The minimum atomic E-state index is -1.18. The van der Waals surface area contributed by atoms with Crippen LogP contribution < -0.4 is 5.32 Å². The van der Waals surface area contributed by atoms with Gasteiger partial charge in [-0.15, -0.1) is 0 Å². The smallest absolute Gasteiger partial charge is 0.328 e. The second-order valence-corrected chi connectivity index (χ2v) is 4.73. The summed E-state index contributed by atoms with van der Waals surface area (Å²) in [4.78, 5) is 27.3. The van der Waals surface area contributed by atoms with Crippen LogP contribution in [0.1, 0.15) is 10.5 Å². The maximum Gasteiger partial charge on any atom is 0.328 e. The van der Waals surface area contributed by atoms with Crippen LogP contribution in [0.15, 0.2) is 30.3 Å². The first kappa shape index (κ1) is 15.2. The fourth-order valence-electron chi connectivity index (χ4n) is 1.82. The molecule has 1 aromatic carbocycles. The zero-order valence-corrected chi connectivity index (χ0v) is 11.9. The lowest BCUT2D eigenvalue weighted by Gasteiger charge is -2.13. The lowest BCUT2D eigenvalue weighted by atomic mass is 10.2. The SMILES string of the molecule is COCC(NC(=O)c1cc(Cl)c2ccccc2n1)C(=O)O. The number of ether oxygens (including phenoxy) is 1. The van der Waals surface area contributed by atoms with Gasteiger partial charge in [0.1, 0.15) is 5.69 Å². The number of carbonyl (C=O) groups is 2. The summed E-state index contributed by atoms with van der Waals surface area (Å²) < 4.78 is 4.75. The number of fused-ring (bicyclic) bond motifs is 1. The molecule has 2 N–H and O–H groups in total. The number of aromatic nitrogens is 1. The van der Waals surface area contributed by atoms with Gasteiger partial charge in [0.05, 0.1) is 17.1 Å². The lowest BCUT2D eigenvalue weighted by molar-refractivity contribution is -0.140. The molecule has 0 fully saturated rings. The van der Waals surface area contributed by atoms with Crippen molar-refractivity contribution in [1.82, 2.24) is 10.3 Å². The molecule has 0 aliphatic rings. The fraction of sp³-hybridized carbons (Fsp3) is 0.214. The van der Waals surface area contributed by atoms with Gasteiger partial charge in [0.15, 0.2) is 6.04 Å². The van der Waals surface area contributed by atoms with Gasteiger partial charge in [0, 0.05) is 12.5 Å². The number of benzene rings is 1. The fourth-order valence-corrected chi connectivity index (χ4v) is 2.09. The van der Waals surface area contributed by atoms with Gasteiger partial charge in [-0.3, -0.25) is 4.79 Å². The van der Waals surface area contributed by atoms with Crippen LogP contribution in [0.2, 0.25) is 5.02 Å². The van der Waals surface area contributed by atoms with E-state index >= 15 is 0 Å². The molecule has 0 aliphatic carbocycles. The highest BCUT2D eigenvalue weighted by molar-refractivity contribution is 6.35. The number of hydrogen-bond acceptors (Lipinski definition) is 4. The highest BCUT2D eigenvalue weighted by Gasteiger charge is 2.21. The molecule has 1 atom stereocenters. The maximum absolute atomic E-state index is 12.1. The van der Waals surface area contributed by atoms with Gasteiger partial charge in [-0.25, -0.2) is 9.78 Å². The van der Waals surface area contributed by atoms with E-state index in [4.69, 9.17) is 21.4 Å². The molecule has 2 aromatic rings. The van der Waals surface area contributed by atoms with E-state index in [-0.39, 0.29) is 12.3 Å². The van der Waals surface area contributed by atoms with E-state index in [9.17, 15) is 9.59 Å². The Morgan fingerprint density at radius 3 is 2.81 bits per heavy atom. The number of carbonyl (C=O) groups excluding carboxylic acids is 1. The van der Waals surface area contributed by atoms with Crippen molar-refractivity contribution in [2.45, 2.75) is 6.04 Å². The zero-order valence-electron chi connectivity index (χ0n) is 11.2. The van der Waals surface area contributed by atoms with Crippen molar-refractivity contribution in [2.75, 3.05) is 13.7 Å². The van der Waals surface area contributed by atoms with Crippen molar-refractivity contribution in [3.63, 3.8) is 0 Å². The largest absolute Gasteiger partial charge is 0.480 e. The predicted molar refractivity (Wildman–Crippen MR) is 77.5 cm³/mol. The average molecular weight is 309 g/mol. The average Bonchev–Trinajstić information content (AvgIpc) is 2.46. The number of para-hydroxylation sites is 1. The number of pyridine rings is 1. The molecular formula is C14H13ClN2O4. The molecule has 1 heterocycles. The quantitative estimate of drug-likeness (QED) is 0.878. The Kier molecular flexibility index (Phi) is 4.72. The van der Waals surface area contributed by atoms with Gasteiger partial charge >= 0.3 is 5.97 Å². The zero-order chi connectivity index (χ0) is 15.4. The maximum atomic E-state index is 12.1. The van der Waals surface area contributed by atoms with Crippen LogP contribution in [0, 0.1) is 0 Å². The Morgan fingerprint density at radius 1 is 1.43 bits per heavy atom. The van der Waals surface area contributed by atoms with Crippen molar-refractivity contribution in [1.29, 1.82) is 0 Å². The summed E-state index contributed by atoms with van der Waals surface area (Å²) in [7, 11) is 1.35. The minimum absolute atomic E-state index is 0.0565. The van der Waals surface area contributed by atoms with Gasteiger partial charge < -0.3 is 15.2 Å². The number of halogens is 1. The number of nitrogens with zero attached hydrogens (tertiary/aromatic N) is 1. The Bertz CT molecular complexity index is 690. The molecular weight excluding hydrogens is 296 g/mol. The van der Waals surface area contributed by atoms with E-state index in [1.54, 1.807) is 18.2 Å². The monoisotopic (exact) mass is 308 g/mol. The molecule has 0 bridgehead atoms. The molecule has 2 rings (SSSR count). The standard InChI is InChI=1S/C14H13ClN2O4/c1-21-7-12(14(19)20)17-13(18)11-6-9(15)8-4-2-3-5-10(8)16-11/h2-6,12H,7H2,1H3,(H,17,18)(H,19,20). The molecule has 6 nitrogen and oxygen atoms in total. The third-order valence-electron chi connectivity index (χ3n) is 2.84. The normalized spacial score (nSPS) is 12.1. The number of amides is 1.